The van der Waals surface area contributed by atoms with Crippen molar-refractivity contribution in [1.82, 2.24) is 15.3 Å². The van der Waals surface area contributed by atoms with Gasteiger partial charge in [-0.05, 0) is 30.7 Å². The minimum Gasteiger partial charge on any atom is -0.348 e. The molecule has 0 spiro atoms. The Kier molecular flexibility index (Phi) is 5.71. The van der Waals surface area contributed by atoms with Crippen LogP contribution in [0.2, 0.25) is 10.0 Å². The number of rotatable bonds is 5. The lowest BCUT2D eigenvalue weighted by atomic mass is 10.1. The van der Waals surface area contributed by atoms with E-state index in [1.54, 1.807) is 18.2 Å². The highest BCUT2D eigenvalue weighted by molar-refractivity contribution is 6.36. The average molecular weight is 387 g/mol. The molecule has 0 unspecified atom stereocenters. The molecule has 0 atom stereocenters. The minimum atomic E-state index is -0.234. The van der Waals surface area contributed by atoms with Crippen molar-refractivity contribution in [1.29, 1.82) is 0 Å². The molecule has 0 aliphatic carbocycles. The van der Waals surface area contributed by atoms with Gasteiger partial charge in [-0.2, -0.15) is 0 Å². The van der Waals surface area contributed by atoms with E-state index in [0.717, 1.165) is 11.1 Å². The molecule has 3 aromatic rings. The van der Waals surface area contributed by atoms with Crippen LogP contribution in [0, 0.1) is 6.92 Å². The summed E-state index contributed by atoms with van der Waals surface area (Å²) in [4.78, 5) is 20.5. The third-order valence-corrected chi connectivity index (χ3v) is 4.17. The lowest BCUT2D eigenvalue weighted by Crippen LogP contribution is -2.23. The van der Waals surface area contributed by atoms with Crippen LogP contribution in [0.25, 0.3) is 0 Å². The van der Waals surface area contributed by atoms with E-state index in [4.69, 9.17) is 23.2 Å². The normalized spacial score (nSPS) is 10.4. The second kappa shape index (κ2) is 8.17. The first kappa shape index (κ1) is 18.2. The summed E-state index contributed by atoms with van der Waals surface area (Å²) in [5.74, 6) is 0.104. The summed E-state index contributed by atoms with van der Waals surface area (Å²) in [6.07, 6.45) is 2.93. The van der Waals surface area contributed by atoms with Gasteiger partial charge in [-0.3, -0.25) is 4.79 Å². The Balaban J connectivity index is 1.62. The lowest BCUT2D eigenvalue weighted by molar-refractivity contribution is 0.0950. The number of aryl methyl sites for hydroxylation is 1. The molecule has 2 N–H and O–H groups in total. The van der Waals surface area contributed by atoms with Gasteiger partial charge >= 0.3 is 0 Å². The van der Waals surface area contributed by atoms with Crippen molar-refractivity contribution in [2.45, 2.75) is 13.5 Å². The fourth-order valence-electron chi connectivity index (χ4n) is 2.33. The smallest absolute Gasteiger partial charge is 0.254 e. The first-order valence-corrected chi connectivity index (χ1v) is 8.65. The van der Waals surface area contributed by atoms with E-state index in [-0.39, 0.29) is 5.91 Å². The predicted octanol–water partition coefficient (Wildman–Crippen LogP) is 4.77. The minimum absolute atomic E-state index is 0.234. The van der Waals surface area contributed by atoms with E-state index in [2.05, 4.69) is 20.6 Å². The van der Waals surface area contributed by atoms with Crippen LogP contribution < -0.4 is 10.6 Å². The highest BCUT2D eigenvalue weighted by atomic mass is 35.5. The highest BCUT2D eigenvalue weighted by Gasteiger charge is 2.08. The maximum Gasteiger partial charge on any atom is 0.254 e. The molecule has 0 radical (unpaired) electrons. The molecular formula is C19H16Cl2N4O. The number of anilines is 2. The standard InChI is InChI=1S/C19H16Cl2N4O/c1-12-3-2-4-13(7-12)9-22-18(26)14-10-23-19(24-11-14)25-17-6-5-15(20)8-16(17)21/h2-8,10-11H,9H2,1H3,(H,22,26)(H,23,24,25). The van der Waals surface area contributed by atoms with Gasteiger partial charge in [0.1, 0.15) is 0 Å². The van der Waals surface area contributed by atoms with Gasteiger partial charge in [0.05, 0.1) is 16.3 Å². The van der Waals surface area contributed by atoms with Crippen LogP contribution in [0.4, 0.5) is 11.6 Å². The average Bonchev–Trinajstić information content (AvgIpc) is 2.63. The third kappa shape index (κ3) is 4.71. The summed E-state index contributed by atoms with van der Waals surface area (Å²) < 4.78 is 0. The van der Waals surface area contributed by atoms with Crippen molar-refractivity contribution >= 4 is 40.7 Å². The number of carbonyl (C=O) groups is 1. The topological polar surface area (TPSA) is 66.9 Å². The second-order valence-electron chi connectivity index (χ2n) is 5.72. The Morgan fingerprint density at radius 1 is 1.08 bits per heavy atom. The van der Waals surface area contributed by atoms with E-state index >= 15 is 0 Å². The molecule has 2 aromatic carbocycles. The fourth-order valence-corrected chi connectivity index (χ4v) is 2.78. The molecule has 0 bridgehead atoms. The van der Waals surface area contributed by atoms with Crippen molar-refractivity contribution in [3.8, 4) is 0 Å². The van der Waals surface area contributed by atoms with Gasteiger partial charge in [-0.1, -0.05) is 53.0 Å². The lowest BCUT2D eigenvalue weighted by Gasteiger charge is -2.08. The molecule has 1 heterocycles. The van der Waals surface area contributed by atoms with Crippen molar-refractivity contribution in [3.63, 3.8) is 0 Å². The second-order valence-corrected chi connectivity index (χ2v) is 6.56. The molecule has 7 heteroatoms. The predicted molar refractivity (Wildman–Crippen MR) is 104 cm³/mol. The van der Waals surface area contributed by atoms with Gasteiger partial charge in [-0.25, -0.2) is 9.97 Å². The molecule has 0 fully saturated rings. The summed E-state index contributed by atoms with van der Waals surface area (Å²) in [7, 11) is 0. The first-order chi connectivity index (χ1) is 12.5. The molecule has 1 aromatic heterocycles. The molecule has 132 valence electrons. The number of benzene rings is 2. The monoisotopic (exact) mass is 386 g/mol. The quantitative estimate of drug-likeness (QED) is 0.662. The summed E-state index contributed by atoms with van der Waals surface area (Å²) in [6.45, 7) is 2.46. The Morgan fingerprint density at radius 3 is 2.54 bits per heavy atom. The SMILES string of the molecule is Cc1cccc(CNC(=O)c2cnc(Nc3ccc(Cl)cc3Cl)nc2)c1. The largest absolute Gasteiger partial charge is 0.348 e. The van der Waals surface area contributed by atoms with Crippen LogP contribution >= 0.6 is 23.2 Å². The number of halogens is 2. The van der Waals surface area contributed by atoms with E-state index in [9.17, 15) is 4.79 Å². The molecule has 0 saturated carbocycles. The van der Waals surface area contributed by atoms with E-state index in [1.807, 2.05) is 31.2 Å². The van der Waals surface area contributed by atoms with Gasteiger partial charge < -0.3 is 10.6 Å². The number of carbonyl (C=O) groups excluding carboxylic acids is 1. The van der Waals surface area contributed by atoms with E-state index < -0.39 is 0 Å². The molecular weight excluding hydrogens is 371 g/mol. The number of amides is 1. The first-order valence-electron chi connectivity index (χ1n) is 7.89. The van der Waals surface area contributed by atoms with Crippen molar-refractivity contribution in [2.24, 2.45) is 0 Å². The van der Waals surface area contributed by atoms with Crippen LogP contribution in [-0.2, 0) is 6.54 Å². The Labute approximate surface area is 161 Å². The zero-order valence-corrected chi connectivity index (χ0v) is 15.5. The van der Waals surface area contributed by atoms with Crippen LogP contribution in [-0.4, -0.2) is 15.9 Å². The number of nitrogens with one attached hydrogen (secondary N) is 2. The maximum atomic E-state index is 12.2. The molecule has 0 saturated heterocycles. The van der Waals surface area contributed by atoms with Crippen molar-refractivity contribution < 1.29 is 4.79 Å². The Morgan fingerprint density at radius 2 is 1.85 bits per heavy atom. The summed E-state index contributed by atoms with van der Waals surface area (Å²) >= 11 is 12.0. The van der Waals surface area contributed by atoms with Gasteiger partial charge in [-0.15, -0.1) is 0 Å². The van der Waals surface area contributed by atoms with Crippen LogP contribution in [0.3, 0.4) is 0 Å². The van der Waals surface area contributed by atoms with E-state index in [0.29, 0.717) is 33.8 Å². The zero-order chi connectivity index (χ0) is 18.5. The zero-order valence-electron chi connectivity index (χ0n) is 14.0. The van der Waals surface area contributed by atoms with Gasteiger partial charge in [0.25, 0.3) is 5.91 Å². The van der Waals surface area contributed by atoms with E-state index in [1.165, 1.54) is 12.4 Å². The molecule has 26 heavy (non-hydrogen) atoms. The molecule has 5 nitrogen and oxygen atoms in total. The maximum absolute atomic E-state index is 12.2. The highest BCUT2D eigenvalue weighted by Crippen LogP contribution is 2.27. The Bertz CT molecular complexity index is 929. The van der Waals surface area contributed by atoms with Crippen LogP contribution in [0.5, 0.6) is 0 Å². The summed E-state index contributed by atoms with van der Waals surface area (Å²) in [5.41, 5.74) is 3.20. The number of hydrogen-bond donors (Lipinski definition) is 2. The molecule has 0 aliphatic heterocycles. The Hall–Kier alpha value is -2.63. The number of aromatic nitrogens is 2. The summed E-state index contributed by atoms with van der Waals surface area (Å²) in [5, 5.41) is 6.84. The fraction of sp³-hybridized carbons (Fsp3) is 0.105. The molecule has 3 rings (SSSR count). The number of nitrogens with zero attached hydrogens (tertiary/aromatic N) is 2. The molecule has 0 aliphatic rings. The summed E-state index contributed by atoms with van der Waals surface area (Å²) in [6, 6.07) is 13.0. The number of hydrogen-bond acceptors (Lipinski definition) is 4. The van der Waals surface area contributed by atoms with Crippen LogP contribution in [0.15, 0.2) is 54.9 Å². The van der Waals surface area contributed by atoms with Gasteiger partial charge in [0.2, 0.25) is 5.95 Å². The van der Waals surface area contributed by atoms with Crippen molar-refractivity contribution in [2.75, 3.05) is 5.32 Å². The van der Waals surface area contributed by atoms with Crippen molar-refractivity contribution in [3.05, 3.63) is 81.6 Å². The van der Waals surface area contributed by atoms with Gasteiger partial charge in [0.15, 0.2) is 0 Å². The van der Waals surface area contributed by atoms with Gasteiger partial charge in [0, 0.05) is 24.0 Å². The molecule has 1 amide bonds. The van der Waals surface area contributed by atoms with Crippen LogP contribution in [0.1, 0.15) is 21.5 Å². The third-order valence-electron chi connectivity index (χ3n) is 3.63.